The van der Waals surface area contributed by atoms with Crippen LogP contribution in [0.25, 0.3) is 10.9 Å². The van der Waals surface area contributed by atoms with Crippen molar-refractivity contribution in [2.24, 2.45) is 0 Å². The molecule has 8 heteroatoms. The molecule has 0 aliphatic heterocycles. The van der Waals surface area contributed by atoms with E-state index in [0.717, 1.165) is 6.07 Å². The summed E-state index contributed by atoms with van der Waals surface area (Å²) in [5.41, 5.74) is -0.590. The smallest absolute Gasteiger partial charge is 0.417 e. The number of ether oxygens (including phenoxy) is 2. The lowest BCUT2D eigenvalue weighted by atomic mass is 10.1. The van der Waals surface area contributed by atoms with Crippen molar-refractivity contribution in [3.8, 4) is 17.4 Å². The van der Waals surface area contributed by atoms with Crippen molar-refractivity contribution < 1.29 is 32.5 Å². The van der Waals surface area contributed by atoms with Crippen LogP contribution in [0.15, 0.2) is 54.6 Å². The number of pyridine rings is 1. The van der Waals surface area contributed by atoms with E-state index in [1.807, 2.05) is 0 Å². The van der Waals surface area contributed by atoms with Crippen molar-refractivity contribution in [1.29, 1.82) is 0 Å². The van der Waals surface area contributed by atoms with E-state index < -0.39 is 24.3 Å². The van der Waals surface area contributed by atoms with E-state index in [1.54, 1.807) is 0 Å². The molecule has 0 unspecified atom stereocenters. The van der Waals surface area contributed by atoms with Crippen LogP contribution in [0.4, 0.5) is 13.2 Å². The van der Waals surface area contributed by atoms with Gasteiger partial charge in [-0.15, -0.1) is 0 Å². The molecule has 0 atom stereocenters. The summed E-state index contributed by atoms with van der Waals surface area (Å²) in [6.07, 6.45) is -4.46. The van der Waals surface area contributed by atoms with Crippen LogP contribution in [-0.2, 0) is 11.0 Å². The Hall–Kier alpha value is -3.29. The number of alkyl halides is 3. The van der Waals surface area contributed by atoms with Crippen molar-refractivity contribution in [2.75, 3.05) is 6.61 Å². The molecule has 0 amide bonds. The van der Waals surface area contributed by atoms with Gasteiger partial charge in [-0.25, -0.2) is 9.78 Å². The van der Waals surface area contributed by atoms with Gasteiger partial charge < -0.3 is 14.6 Å². The van der Waals surface area contributed by atoms with Crippen LogP contribution in [0.1, 0.15) is 5.56 Å². The van der Waals surface area contributed by atoms with Crippen molar-refractivity contribution >= 4 is 16.9 Å². The number of hydrogen-bond donors (Lipinski definition) is 1. The fraction of sp³-hybridized carbons (Fsp3) is 0.111. The molecule has 0 spiro atoms. The van der Waals surface area contributed by atoms with Gasteiger partial charge in [0.2, 0.25) is 5.88 Å². The Morgan fingerprint density at radius 3 is 2.35 bits per heavy atom. The highest BCUT2D eigenvalue weighted by atomic mass is 19.4. The predicted molar refractivity (Wildman–Crippen MR) is 86.4 cm³/mol. The van der Waals surface area contributed by atoms with Gasteiger partial charge in [0.25, 0.3) is 0 Å². The first-order valence-electron chi connectivity index (χ1n) is 7.42. The Kier molecular flexibility index (Phi) is 4.66. The number of carbonyl (C=O) groups is 1. The normalized spacial score (nSPS) is 11.3. The number of halogens is 3. The standard InChI is InChI=1S/C18H12F3NO4/c19-18(20,21)14-2-1-3-15-13(14)8-9-16(22-15)26-12-6-4-11(5-7-12)25-10-17(23)24/h1-9H,10H2,(H,23,24). The Balaban J connectivity index is 1.80. The molecule has 0 radical (unpaired) electrons. The molecule has 2 aromatic carbocycles. The SMILES string of the molecule is O=C(O)COc1ccc(Oc2ccc3c(C(F)(F)F)cccc3n2)cc1. The molecule has 26 heavy (non-hydrogen) atoms. The average molecular weight is 363 g/mol. The Bertz CT molecular complexity index is 939. The number of carboxylic acid groups (broad SMARTS) is 1. The van der Waals surface area contributed by atoms with Crippen LogP contribution >= 0.6 is 0 Å². The van der Waals surface area contributed by atoms with Crippen molar-refractivity contribution in [3.63, 3.8) is 0 Å². The fourth-order valence-corrected chi connectivity index (χ4v) is 2.31. The molecule has 0 fully saturated rings. The second-order valence-electron chi connectivity index (χ2n) is 5.28. The zero-order chi connectivity index (χ0) is 18.7. The van der Waals surface area contributed by atoms with Gasteiger partial charge in [-0.3, -0.25) is 0 Å². The summed E-state index contributed by atoms with van der Waals surface area (Å²) >= 11 is 0. The number of carboxylic acids is 1. The van der Waals surface area contributed by atoms with Gasteiger partial charge in [-0.05, 0) is 42.5 Å². The molecular formula is C18H12F3NO4. The topological polar surface area (TPSA) is 68.7 Å². The maximum atomic E-state index is 13.0. The number of aliphatic carboxylic acids is 1. The third-order valence-corrected chi connectivity index (χ3v) is 3.42. The molecule has 3 rings (SSSR count). The summed E-state index contributed by atoms with van der Waals surface area (Å²) < 4.78 is 49.6. The largest absolute Gasteiger partial charge is 0.482 e. The van der Waals surface area contributed by atoms with Gasteiger partial charge in [-0.1, -0.05) is 6.07 Å². The molecule has 0 aliphatic rings. The minimum Gasteiger partial charge on any atom is -0.482 e. The number of rotatable bonds is 5. The molecule has 0 bridgehead atoms. The van der Waals surface area contributed by atoms with Gasteiger partial charge in [-0.2, -0.15) is 13.2 Å². The first-order chi connectivity index (χ1) is 12.3. The Labute approximate surface area is 145 Å². The summed E-state index contributed by atoms with van der Waals surface area (Å²) in [5, 5.41) is 8.54. The van der Waals surface area contributed by atoms with Crippen LogP contribution in [0, 0.1) is 0 Å². The quantitative estimate of drug-likeness (QED) is 0.722. The van der Waals surface area contributed by atoms with Crippen LogP contribution < -0.4 is 9.47 Å². The highest BCUT2D eigenvalue weighted by Crippen LogP contribution is 2.35. The van der Waals surface area contributed by atoms with E-state index in [-0.39, 0.29) is 16.8 Å². The number of hydrogen-bond acceptors (Lipinski definition) is 4. The van der Waals surface area contributed by atoms with Gasteiger partial charge in [0.05, 0.1) is 11.1 Å². The molecule has 0 aliphatic carbocycles. The summed E-state index contributed by atoms with van der Waals surface area (Å²) in [7, 11) is 0. The van der Waals surface area contributed by atoms with Gasteiger partial charge in [0.1, 0.15) is 11.5 Å². The molecule has 5 nitrogen and oxygen atoms in total. The highest BCUT2D eigenvalue weighted by Gasteiger charge is 2.32. The zero-order valence-electron chi connectivity index (χ0n) is 13.2. The molecule has 0 saturated heterocycles. The third kappa shape index (κ3) is 4.02. The minimum absolute atomic E-state index is 0.00947. The Morgan fingerprint density at radius 2 is 1.69 bits per heavy atom. The molecule has 3 aromatic rings. The molecular weight excluding hydrogens is 351 g/mol. The van der Waals surface area contributed by atoms with Gasteiger partial charge >= 0.3 is 12.1 Å². The van der Waals surface area contributed by atoms with Crippen LogP contribution in [-0.4, -0.2) is 22.7 Å². The predicted octanol–water partition coefficient (Wildman–Crippen LogP) is 4.51. The monoisotopic (exact) mass is 363 g/mol. The lowest BCUT2D eigenvalue weighted by Crippen LogP contribution is -2.09. The van der Waals surface area contributed by atoms with E-state index in [0.29, 0.717) is 11.5 Å². The van der Waals surface area contributed by atoms with Crippen LogP contribution in [0.3, 0.4) is 0 Å². The lowest BCUT2D eigenvalue weighted by Gasteiger charge is -2.11. The minimum atomic E-state index is -4.46. The first kappa shape index (κ1) is 17.5. The molecule has 1 heterocycles. The molecule has 134 valence electrons. The first-order valence-corrected chi connectivity index (χ1v) is 7.42. The maximum absolute atomic E-state index is 13.0. The van der Waals surface area contributed by atoms with Gasteiger partial charge in [0.15, 0.2) is 6.61 Å². The second kappa shape index (κ2) is 6.91. The summed E-state index contributed by atoms with van der Waals surface area (Å²) in [5.74, 6) is -0.229. The molecule has 0 saturated carbocycles. The second-order valence-corrected chi connectivity index (χ2v) is 5.28. The zero-order valence-corrected chi connectivity index (χ0v) is 13.2. The van der Waals surface area contributed by atoms with Crippen LogP contribution in [0.5, 0.6) is 17.4 Å². The summed E-state index contributed by atoms with van der Waals surface area (Å²) in [6.45, 7) is -0.464. The van der Waals surface area contributed by atoms with Crippen molar-refractivity contribution in [2.45, 2.75) is 6.18 Å². The highest BCUT2D eigenvalue weighted by molar-refractivity contribution is 5.83. The number of nitrogens with zero attached hydrogens (tertiary/aromatic N) is 1. The van der Waals surface area contributed by atoms with E-state index in [9.17, 15) is 18.0 Å². The van der Waals surface area contributed by atoms with Crippen molar-refractivity contribution in [3.05, 3.63) is 60.2 Å². The fourth-order valence-electron chi connectivity index (χ4n) is 2.31. The molecule has 1 aromatic heterocycles. The van der Waals surface area contributed by atoms with Gasteiger partial charge in [0, 0.05) is 11.5 Å². The van der Waals surface area contributed by atoms with E-state index in [4.69, 9.17) is 14.6 Å². The van der Waals surface area contributed by atoms with E-state index in [2.05, 4.69) is 4.98 Å². The van der Waals surface area contributed by atoms with Crippen molar-refractivity contribution in [1.82, 2.24) is 4.98 Å². The lowest BCUT2D eigenvalue weighted by molar-refractivity contribution is -0.139. The maximum Gasteiger partial charge on any atom is 0.417 e. The third-order valence-electron chi connectivity index (χ3n) is 3.42. The van der Waals surface area contributed by atoms with E-state index in [1.165, 1.54) is 48.5 Å². The summed E-state index contributed by atoms with van der Waals surface area (Å²) in [6, 6.07) is 12.5. The number of fused-ring (bicyclic) bond motifs is 1. The van der Waals surface area contributed by atoms with E-state index >= 15 is 0 Å². The number of aromatic nitrogens is 1. The average Bonchev–Trinajstić information content (AvgIpc) is 2.59. The summed E-state index contributed by atoms with van der Waals surface area (Å²) in [4.78, 5) is 14.5. The molecule has 1 N–H and O–H groups in total. The van der Waals surface area contributed by atoms with Crippen LogP contribution in [0.2, 0.25) is 0 Å². The Morgan fingerprint density at radius 1 is 1.00 bits per heavy atom. The number of benzene rings is 2.